The number of para-hydroxylation sites is 1. The summed E-state index contributed by atoms with van der Waals surface area (Å²) in [4.78, 5) is 15.5. The highest BCUT2D eigenvalue weighted by molar-refractivity contribution is 7.94. The average molecular weight is 312 g/mol. The molecule has 2 aromatic rings. The molecule has 0 aliphatic heterocycles. The number of thiazole rings is 1. The first-order valence-corrected chi connectivity index (χ1v) is 7.86. The van der Waals surface area contributed by atoms with Gasteiger partial charge in [-0.3, -0.25) is 4.72 Å². The maximum atomic E-state index is 12.2. The molecule has 0 saturated heterocycles. The molecule has 106 valence electrons. The van der Waals surface area contributed by atoms with E-state index in [0.717, 1.165) is 11.3 Å². The zero-order valence-electron chi connectivity index (χ0n) is 10.8. The minimum Gasteiger partial charge on any atom is -0.465 e. The van der Waals surface area contributed by atoms with Crippen molar-refractivity contribution in [3.63, 3.8) is 0 Å². The number of nitrogens with one attached hydrogen (secondary N) is 1. The van der Waals surface area contributed by atoms with E-state index in [9.17, 15) is 13.2 Å². The summed E-state index contributed by atoms with van der Waals surface area (Å²) < 4.78 is 31.5. The number of hydrogen-bond acceptors (Lipinski definition) is 6. The average Bonchev–Trinajstić information content (AvgIpc) is 2.86. The van der Waals surface area contributed by atoms with E-state index in [1.807, 2.05) is 0 Å². The van der Waals surface area contributed by atoms with Crippen LogP contribution in [0.1, 0.15) is 15.4 Å². The van der Waals surface area contributed by atoms with Crippen molar-refractivity contribution >= 4 is 33.0 Å². The van der Waals surface area contributed by atoms with E-state index in [-0.39, 0.29) is 15.5 Å². The van der Waals surface area contributed by atoms with Gasteiger partial charge in [0.2, 0.25) is 0 Å². The van der Waals surface area contributed by atoms with E-state index in [0.29, 0.717) is 5.01 Å². The molecule has 1 N–H and O–H groups in total. The van der Waals surface area contributed by atoms with E-state index in [1.165, 1.54) is 25.4 Å². The summed E-state index contributed by atoms with van der Waals surface area (Å²) in [6.45, 7) is 1.71. The monoisotopic (exact) mass is 312 g/mol. The Morgan fingerprint density at radius 2 is 2.05 bits per heavy atom. The largest absolute Gasteiger partial charge is 0.465 e. The Hall–Kier alpha value is -1.93. The molecule has 6 nitrogen and oxygen atoms in total. The number of esters is 1. The van der Waals surface area contributed by atoms with E-state index in [4.69, 9.17) is 0 Å². The van der Waals surface area contributed by atoms with Crippen LogP contribution in [0.25, 0.3) is 0 Å². The number of aromatic nitrogens is 1. The van der Waals surface area contributed by atoms with Crippen LogP contribution in [0.5, 0.6) is 0 Å². The summed E-state index contributed by atoms with van der Waals surface area (Å²) in [5.41, 5.74) is 0.324. The van der Waals surface area contributed by atoms with Crippen molar-refractivity contribution in [1.29, 1.82) is 0 Å². The third-order valence-electron chi connectivity index (χ3n) is 2.44. The molecular formula is C12H12N2O4S2. The number of ether oxygens (including phenoxy) is 1. The van der Waals surface area contributed by atoms with Gasteiger partial charge in [0, 0.05) is 0 Å². The van der Waals surface area contributed by atoms with Crippen molar-refractivity contribution in [1.82, 2.24) is 4.98 Å². The normalized spacial score (nSPS) is 11.1. The number of anilines is 1. The third kappa shape index (κ3) is 2.97. The van der Waals surface area contributed by atoms with Gasteiger partial charge in [-0.15, -0.1) is 11.3 Å². The third-order valence-corrected chi connectivity index (χ3v) is 5.18. The molecule has 0 fully saturated rings. The Labute approximate surface area is 120 Å². The number of rotatable bonds is 4. The number of benzene rings is 1. The highest BCUT2D eigenvalue weighted by Crippen LogP contribution is 2.23. The Morgan fingerprint density at radius 1 is 1.35 bits per heavy atom. The molecule has 0 radical (unpaired) electrons. The lowest BCUT2D eigenvalue weighted by Gasteiger charge is -2.09. The minimum absolute atomic E-state index is 0.0923. The van der Waals surface area contributed by atoms with Crippen LogP contribution in [-0.4, -0.2) is 26.5 Å². The Morgan fingerprint density at radius 3 is 2.65 bits per heavy atom. The SMILES string of the molecule is COC(=O)c1ccccc1NS(=O)(=O)c1cnc(C)s1. The maximum absolute atomic E-state index is 12.2. The first-order valence-electron chi connectivity index (χ1n) is 5.56. The smallest absolute Gasteiger partial charge is 0.339 e. The lowest BCUT2D eigenvalue weighted by molar-refractivity contribution is 0.0602. The minimum atomic E-state index is -3.76. The molecule has 1 aromatic heterocycles. The molecule has 2 rings (SSSR count). The van der Waals surface area contributed by atoms with Crippen LogP contribution in [0.15, 0.2) is 34.7 Å². The topological polar surface area (TPSA) is 85.4 Å². The number of carbonyl (C=O) groups excluding carboxylic acids is 1. The molecule has 0 aliphatic carbocycles. The molecule has 0 amide bonds. The van der Waals surface area contributed by atoms with Crippen LogP contribution in [0.2, 0.25) is 0 Å². The van der Waals surface area contributed by atoms with Gasteiger partial charge in [0.1, 0.15) is 0 Å². The molecule has 0 spiro atoms. The Balaban J connectivity index is 2.37. The van der Waals surface area contributed by atoms with E-state index >= 15 is 0 Å². The Kier molecular flexibility index (Phi) is 4.05. The highest BCUT2D eigenvalue weighted by atomic mass is 32.2. The van der Waals surface area contributed by atoms with E-state index < -0.39 is 16.0 Å². The number of aryl methyl sites for hydroxylation is 1. The molecule has 0 saturated carbocycles. The molecule has 0 atom stereocenters. The fraction of sp³-hybridized carbons (Fsp3) is 0.167. The van der Waals surface area contributed by atoms with Crippen molar-refractivity contribution in [2.75, 3.05) is 11.8 Å². The second-order valence-corrected chi connectivity index (χ2v) is 6.98. The number of nitrogens with zero attached hydrogens (tertiary/aromatic N) is 1. The molecule has 0 unspecified atom stereocenters. The lowest BCUT2D eigenvalue weighted by Crippen LogP contribution is -2.15. The predicted molar refractivity (Wildman–Crippen MR) is 75.4 cm³/mol. The maximum Gasteiger partial charge on any atom is 0.339 e. The summed E-state index contributed by atoms with van der Waals surface area (Å²) in [6.07, 6.45) is 1.28. The van der Waals surface area contributed by atoms with Crippen LogP contribution in [0.3, 0.4) is 0 Å². The van der Waals surface area contributed by atoms with Crippen molar-refractivity contribution in [2.24, 2.45) is 0 Å². The fourth-order valence-corrected chi connectivity index (χ4v) is 3.71. The predicted octanol–water partition coefficient (Wildman–Crippen LogP) is 2.04. The van der Waals surface area contributed by atoms with Gasteiger partial charge in [0.05, 0.1) is 29.6 Å². The van der Waals surface area contributed by atoms with Gasteiger partial charge in [-0.2, -0.15) is 0 Å². The van der Waals surface area contributed by atoms with Crippen LogP contribution in [0.4, 0.5) is 5.69 Å². The Bertz CT molecular complexity index is 737. The number of hydrogen-bond donors (Lipinski definition) is 1. The zero-order chi connectivity index (χ0) is 14.8. The molecule has 0 aliphatic rings. The lowest BCUT2D eigenvalue weighted by atomic mass is 10.2. The first-order chi connectivity index (χ1) is 9.44. The van der Waals surface area contributed by atoms with E-state index in [1.54, 1.807) is 19.1 Å². The fourth-order valence-electron chi connectivity index (χ4n) is 1.52. The number of carbonyl (C=O) groups is 1. The summed E-state index contributed by atoms with van der Waals surface area (Å²) in [5.74, 6) is -0.608. The van der Waals surface area contributed by atoms with Gasteiger partial charge in [-0.05, 0) is 19.1 Å². The quantitative estimate of drug-likeness (QED) is 0.873. The second-order valence-electron chi connectivity index (χ2n) is 3.84. The highest BCUT2D eigenvalue weighted by Gasteiger charge is 2.20. The molecule has 8 heteroatoms. The zero-order valence-corrected chi connectivity index (χ0v) is 12.4. The summed E-state index contributed by atoms with van der Waals surface area (Å²) >= 11 is 1.06. The molecule has 1 heterocycles. The summed E-state index contributed by atoms with van der Waals surface area (Å²) in [7, 11) is -2.52. The van der Waals surface area contributed by atoms with E-state index in [2.05, 4.69) is 14.4 Å². The van der Waals surface area contributed by atoms with Crippen molar-refractivity contribution in [2.45, 2.75) is 11.1 Å². The molecule has 0 bridgehead atoms. The molecule has 20 heavy (non-hydrogen) atoms. The van der Waals surface area contributed by atoms with Gasteiger partial charge in [0.25, 0.3) is 10.0 Å². The van der Waals surface area contributed by atoms with Gasteiger partial charge in [-0.25, -0.2) is 18.2 Å². The summed E-state index contributed by atoms with van der Waals surface area (Å²) in [6, 6.07) is 6.24. The van der Waals surface area contributed by atoms with Crippen molar-refractivity contribution in [3.8, 4) is 0 Å². The standard InChI is InChI=1S/C12H12N2O4S2/c1-8-13-7-11(19-8)20(16,17)14-10-6-4-3-5-9(10)12(15)18-2/h3-7,14H,1-2H3. The van der Waals surface area contributed by atoms with Gasteiger partial charge < -0.3 is 4.74 Å². The number of methoxy groups -OCH3 is 1. The van der Waals surface area contributed by atoms with Crippen LogP contribution >= 0.6 is 11.3 Å². The van der Waals surface area contributed by atoms with Crippen molar-refractivity contribution < 1.29 is 17.9 Å². The van der Waals surface area contributed by atoms with Crippen molar-refractivity contribution in [3.05, 3.63) is 41.0 Å². The second kappa shape index (κ2) is 5.59. The van der Waals surface area contributed by atoms with Gasteiger partial charge >= 0.3 is 5.97 Å². The van der Waals surface area contributed by atoms with Crippen LogP contribution in [-0.2, 0) is 14.8 Å². The van der Waals surface area contributed by atoms with Gasteiger partial charge in [0.15, 0.2) is 4.21 Å². The van der Waals surface area contributed by atoms with Crippen LogP contribution < -0.4 is 4.72 Å². The van der Waals surface area contributed by atoms with Crippen LogP contribution in [0, 0.1) is 6.92 Å². The molecular weight excluding hydrogens is 300 g/mol. The first kappa shape index (κ1) is 14.5. The molecule has 1 aromatic carbocycles. The number of sulfonamides is 1. The summed E-state index contributed by atoms with van der Waals surface area (Å²) in [5, 5.41) is 0.645. The van der Waals surface area contributed by atoms with Gasteiger partial charge in [-0.1, -0.05) is 12.1 Å².